The Morgan fingerprint density at radius 3 is 2.62 bits per heavy atom. The van der Waals surface area contributed by atoms with E-state index in [0.29, 0.717) is 6.54 Å². The van der Waals surface area contributed by atoms with E-state index in [2.05, 4.69) is 10.6 Å². The standard InChI is InChI=1S/C13H15ClN2O5/c1-3-15-13(20)16-11(17)7(2)21-10-5-4-8(14)6-9(10)12(18)19/h4-7H,3H2,1-2H3,(H,18,19)(H2,15,16,17,20). The molecule has 1 unspecified atom stereocenters. The van der Waals surface area contributed by atoms with E-state index in [1.54, 1.807) is 6.92 Å². The van der Waals surface area contributed by atoms with Gasteiger partial charge < -0.3 is 15.2 Å². The second-order valence-electron chi connectivity index (χ2n) is 4.05. The molecule has 0 fully saturated rings. The van der Waals surface area contributed by atoms with E-state index in [-0.39, 0.29) is 16.3 Å². The number of halogens is 1. The molecule has 0 bridgehead atoms. The Morgan fingerprint density at radius 1 is 1.38 bits per heavy atom. The largest absolute Gasteiger partial charge is 0.480 e. The number of amides is 3. The van der Waals surface area contributed by atoms with E-state index in [4.69, 9.17) is 21.4 Å². The summed E-state index contributed by atoms with van der Waals surface area (Å²) in [6, 6.07) is 3.36. The maximum Gasteiger partial charge on any atom is 0.339 e. The number of hydrogen-bond donors (Lipinski definition) is 3. The second-order valence-corrected chi connectivity index (χ2v) is 4.49. The second kappa shape index (κ2) is 7.49. The molecule has 1 aromatic rings. The zero-order valence-corrected chi connectivity index (χ0v) is 12.2. The first kappa shape index (κ1) is 16.8. The Labute approximate surface area is 126 Å². The normalized spacial score (nSPS) is 11.4. The van der Waals surface area contributed by atoms with Gasteiger partial charge in [0.2, 0.25) is 0 Å². The van der Waals surface area contributed by atoms with Crippen LogP contribution in [0, 0.1) is 0 Å². The summed E-state index contributed by atoms with van der Waals surface area (Å²) in [5.41, 5.74) is -0.167. The SMILES string of the molecule is CCNC(=O)NC(=O)C(C)Oc1ccc(Cl)cc1C(=O)O. The maximum absolute atomic E-state index is 11.7. The quantitative estimate of drug-likeness (QED) is 0.766. The molecule has 0 radical (unpaired) electrons. The predicted octanol–water partition coefficient (Wildman–Crippen LogP) is 1.65. The minimum Gasteiger partial charge on any atom is -0.480 e. The topological polar surface area (TPSA) is 105 Å². The van der Waals surface area contributed by atoms with E-state index in [1.807, 2.05) is 0 Å². The van der Waals surface area contributed by atoms with Gasteiger partial charge in [-0.1, -0.05) is 11.6 Å². The van der Waals surface area contributed by atoms with Gasteiger partial charge in [0.05, 0.1) is 0 Å². The van der Waals surface area contributed by atoms with Crippen LogP contribution >= 0.6 is 11.6 Å². The van der Waals surface area contributed by atoms with Crippen molar-refractivity contribution in [2.24, 2.45) is 0 Å². The highest BCUT2D eigenvalue weighted by Gasteiger charge is 2.20. The van der Waals surface area contributed by atoms with Gasteiger partial charge >= 0.3 is 12.0 Å². The van der Waals surface area contributed by atoms with Crippen LogP contribution in [0.2, 0.25) is 5.02 Å². The van der Waals surface area contributed by atoms with Gasteiger partial charge in [-0.05, 0) is 32.0 Å². The molecule has 114 valence electrons. The Morgan fingerprint density at radius 2 is 2.05 bits per heavy atom. The Bertz CT molecular complexity index is 561. The van der Waals surface area contributed by atoms with Crippen molar-refractivity contribution in [2.45, 2.75) is 20.0 Å². The Hall–Kier alpha value is -2.28. The summed E-state index contributed by atoms with van der Waals surface area (Å²) in [7, 11) is 0. The number of carbonyl (C=O) groups is 3. The Kier molecular flexibility index (Phi) is 5.98. The van der Waals surface area contributed by atoms with Crippen molar-refractivity contribution in [3.8, 4) is 5.75 Å². The average molecular weight is 315 g/mol. The number of rotatable bonds is 5. The van der Waals surface area contributed by atoms with Gasteiger partial charge in [0.15, 0.2) is 6.10 Å². The van der Waals surface area contributed by atoms with E-state index in [0.717, 1.165) is 0 Å². The molecule has 0 saturated heterocycles. The van der Waals surface area contributed by atoms with Crippen LogP contribution < -0.4 is 15.4 Å². The fourth-order valence-corrected chi connectivity index (χ4v) is 1.61. The highest BCUT2D eigenvalue weighted by molar-refractivity contribution is 6.31. The molecule has 0 saturated carbocycles. The van der Waals surface area contributed by atoms with Crippen molar-refractivity contribution in [3.05, 3.63) is 28.8 Å². The van der Waals surface area contributed by atoms with Gasteiger partial charge in [0.1, 0.15) is 11.3 Å². The number of benzene rings is 1. The summed E-state index contributed by atoms with van der Waals surface area (Å²) >= 11 is 5.71. The molecule has 1 rings (SSSR count). The molecule has 0 heterocycles. The van der Waals surface area contributed by atoms with Crippen molar-refractivity contribution in [3.63, 3.8) is 0 Å². The third kappa shape index (κ3) is 4.96. The van der Waals surface area contributed by atoms with Gasteiger partial charge in [0, 0.05) is 11.6 Å². The van der Waals surface area contributed by atoms with Crippen LogP contribution in [-0.2, 0) is 4.79 Å². The lowest BCUT2D eigenvalue weighted by molar-refractivity contribution is -0.126. The van der Waals surface area contributed by atoms with Crippen LogP contribution in [0.5, 0.6) is 5.75 Å². The first-order valence-corrected chi connectivity index (χ1v) is 6.51. The number of carboxylic acid groups (broad SMARTS) is 1. The molecular formula is C13H15ClN2O5. The molecule has 0 aliphatic heterocycles. The molecule has 1 atom stereocenters. The summed E-state index contributed by atoms with van der Waals surface area (Å²) in [4.78, 5) is 34.0. The zero-order chi connectivity index (χ0) is 16.0. The molecule has 21 heavy (non-hydrogen) atoms. The predicted molar refractivity (Wildman–Crippen MR) is 75.7 cm³/mol. The molecule has 1 aromatic carbocycles. The lowest BCUT2D eigenvalue weighted by Gasteiger charge is -2.15. The van der Waals surface area contributed by atoms with E-state index < -0.39 is 24.0 Å². The van der Waals surface area contributed by atoms with Gasteiger partial charge in [-0.25, -0.2) is 9.59 Å². The van der Waals surface area contributed by atoms with Crippen LogP contribution in [0.25, 0.3) is 0 Å². The minimum atomic E-state index is -1.23. The van der Waals surface area contributed by atoms with Crippen molar-refractivity contribution >= 4 is 29.5 Å². The lowest BCUT2D eigenvalue weighted by Crippen LogP contribution is -2.45. The molecule has 8 heteroatoms. The third-order valence-corrected chi connectivity index (χ3v) is 2.65. The number of carbonyl (C=O) groups excluding carboxylic acids is 2. The fraction of sp³-hybridized carbons (Fsp3) is 0.308. The number of ether oxygens (including phenoxy) is 1. The van der Waals surface area contributed by atoms with Crippen LogP contribution in [0.1, 0.15) is 24.2 Å². The van der Waals surface area contributed by atoms with Crippen LogP contribution in [0.4, 0.5) is 4.79 Å². The average Bonchev–Trinajstić information content (AvgIpc) is 2.40. The summed E-state index contributed by atoms with van der Waals surface area (Å²) < 4.78 is 5.27. The van der Waals surface area contributed by atoms with Gasteiger partial charge in [-0.2, -0.15) is 0 Å². The Balaban J connectivity index is 2.79. The first-order chi connectivity index (χ1) is 9.85. The zero-order valence-electron chi connectivity index (χ0n) is 11.5. The third-order valence-electron chi connectivity index (χ3n) is 2.42. The number of hydrogen-bond acceptors (Lipinski definition) is 4. The van der Waals surface area contributed by atoms with Gasteiger partial charge in [0.25, 0.3) is 5.91 Å². The van der Waals surface area contributed by atoms with Crippen molar-refractivity contribution < 1.29 is 24.2 Å². The van der Waals surface area contributed by atoms with Gasteiger partial charge in [-0.3, -0.25) is 10.1 Å². The highest BCUT2D eigenvalue weighted by atomic mass is 35.5. The molecular weight excluding hydrogens is 300 g/mol. The minimum absolute atomic E-state index is 0.00884. The summed E-state index contributed by atoms with van der Waals surface area (Å²) in [6.07, 6.45) is -1.05. The van der Waals surface area contributed by atoms with E-state index in [9.17, 15) is 14.4 Å². The number of aromatic carboxylic acids is 1. The maximum atomic E-state index is 11.7. The van der Waals surface area contributed by atoms with Crippen molar-refractivity contribution in [1.82, 2.24) is 10.6 Å². The highest BCUT2D eigenvalue weighted by Crippen LogP contribution is 2.23. The molecule has 3 amide bonds. The van der Waals surface area contributed by atoms with Crippen molar-refractivity contribution in [2.75, 3.05) is 6.54 Å². The summed E-state index contributed by atoms with van der Waals surface area (Å²) in [5, 5.41) is 13.8. The lowest BCUT2D eigenvalue weighted by atomic mass is 10.2. The molecule has 0 aliphatic rings. The van der Waals surface area contributed by atoms with Crippen LogP contribution in [-0.4, -0.2) is 35.7 Å². The fourth-order valence-electron chi connectivity index (χ4n) is 1.43. The summed E-state index contributed by atoms with van der Waals surface area (Å²) in [6.45, 7) is 3.47. The van der Waals surface area contributed by atoms with Crippen LogP contribution in [0.3, 0.4) is 0 Å². The molecule has 0 aliphatic carbocycles. The van der Waals surface area contributed by atoms with Crippen molar-refractivity contribution in [1.29, 1.82) is 0 Å². The smallest absolute Gasteiger partial charge is 0.339 e. The summed E-state index contributed by atoms with van der Waals surface area (Å²) in [5.74, 6) is -1.93. The van der Waals surface area contributed by atoms with Gasteiger partial charge in [-0.15, -0.1) is 0 Å². The van der Waals surface area contributed by atoms with E-state index in [1.165, 1.54) is 25.1 Å². The molecule has 0 aromatic heterocycles. The molecule has 3 N–H and O–H groups in total. The molecule has 7 nitrogen and oxygen atoms in total. The van der Waals surface area contributed by atoms with E-state index >= 15 is 0 Å². The number of nitrogens with one attached hydrogen (secondary N) is 2. The number of urea groups is 1. The monoisotopic (exact) mass is 314 g/mol. The number of carboxylic acids is 1. The number of imide groups is 1. The first-order valence-electron chi connectivity index (χ1n) is 6.13. The molecule has 0 spiro atoms. The van der Waals surface area contributed by atoms with Crippen LogP contribution in [0.15, 0.2) is 18.2 Å².